The number of nitrogens with one attached hydrogen (secondary N) is 2. The van der Waals surface area contributed by atoms with E-state index in [0.29, 0.717) is 18.2 Å². The van der Waals surface area contributed by atoms with E-state index in [1.54, 1.807) is 13.1 Å². The highest BCUT2D eigenvalue weighted by Crippen LogP contribution is 2.17. The molecule has 9 heteroatoms. The zero-order chi connectivity index (χ0) is 14.6. The molecule has 0 aliphatic rings. The summed E-state index contributed by atoms with van der Waals surface area (Å²) < 4.78 is 28.5. The van der Waals surface area contributed by atoms with Gasteiger partial charge in [0, 0.05) is 19.8 Å². The number of pyridine rings is 1. The molecule has 0 saturated carbocycles. The zero-order valence-corrected chi connectivity index (χ0v) is 12.1. The predicted octanol–water partition coefficient (Wildman–Crippen LogP) is 0.120. The van der Waals surface area contributed by atoms with E-state index in [1.165, 1.54) is 23.3 Å². The molecule has 2 rings (SSSR count). The van der Waals surface area contributed by atoms with Gasteiger partial charge in [-0.2, -0.15) is 5.10 Å². The Morgan fingerprint density at radius 3 is 2.80 bits per heavy atom. The molecule has 108 valence electrons. The molecule has 2 N–H and O–H groups in total. The summed E-state index contributed by atoms with van der Waals surface area (Å²) in [5.41, 5.74) is 0. The molecule has 0 unspecified atom stereocenters. The summed E-state index contributed by atoms with van der Waals surface area (Å²) in [6, 6.07) is 3.08. The fourth-order valence-electron chi connectivity index (χ4n) is 1.61. The maximum Gasteiger partial charge on any atom is 0.244 e. The summed E-state index contributed by atoms with van der Waals surface area (Å²) in [7, 11) is -1.95. The molecule has 0 atom stereocenters. The second kappa shape index (κ2) is 5.97. The average Bonchev–Trinajstić information content (AvgIpc) is 2.83. The van der Waals surface area contributed by atoms with Crippen molar-refractivity contribution < 1.29 is 8.42 Å². The van der Waals surface area contributed by atoms with Gasteiger partial charge in [-0.1, -0.05) is 0 Å². The van der Waals surface area contributed by atoms with E-state index in [4.69, 9.17) is 0 Å². The van der Waals surface area contributed by atoms with E-state index in [-0.39, 0.29) is 11.4 Å². The number of aryl methyl sites for hydroxylation is 1. The van der Waals surface area contributed by atoms with Crippen LogP contribution < -0.4 is 10.0 Å². The van der Waals surface area contributed by atoms with Crippen molar-refractivity contribution >= 4 is 15.8 Å². The minimum absolute atomic E-state index is 0.0314. The van der Waals surface area contributed by atoms with Gasteiger partial charge in [-0.25, -0.2) is 23.1 Å². The minimum Gasteiger partial charge on any atom is -0.369 e. The standard InChI is InChI=1S/C11H16N6O2S/c1-3-12-11-9(5-4-6-13-11)20(18,19)15-7-10-14-8-17(2)16-10/h4-6,8,15H,3,7H2,1-2H3,(H,12,13). The Bertz CT molecular complexity index is 682. The molecule has 0 radical (unpaired) electrons. The van der Waals surface area contributed by atoms with E-state index in [9.17, 15) is 8.42 Å². The van der Waals surface area contributed by atoms with Gasteiger partial charge in [-0.15, -0.1) is 0 Å². The molecule has 0 bridgehead atoms. The van der Waals surface area contributed by atoms with Crippen LogP contribution in [0, 0.1) is 0 Å². The number of hydrogen-bond acceptors (Lipinski definition) is 6. The Morgan fingerprint density at radius 1 is 1.35 bits per heavy atom. The smallest absolute Gasteiger partial charge is 0.244 e. The number of rotatable bonds is 6. The normalized spacial score (nSPS) is 11.5. The quantitative estimate of drug-likeness (QED) is 0.785. The van der Waals surface area contributed by atoms with Gasteiger partial charge in [-0.05, 0) is 19.1 Å². The molecular weight excluding hydrogens is 280 g/mol. The first kappa shape index (κ1) is 14.4. The molecule has 0 aliphatic carbocycles. The molecule has 0 spiro atoms. The van der Waals surface area contributed by atoms with Crippen LogP contribution in [0.15, 0.2) is 29.6 Å². The first-order valence-corrected chi connectivity index (χ1v) is 7.54. The number of sulfonamides is 1. The van der Waals surface area contributed by atoms with Crippen LogP contribution in [-0.2, 0) is 23.6 Å². The van der Waals surface area contributed by atoms with Crippen LogP contribution in [0.5, 0.6) is 0 Å². The largest absolute Gasteiger partial charge is 0.369 e. The van der Waals surface area contributed by atoms with Crippen LogP contribution in [0.4, 0.5) is 5.82 Å². The summed E-state index contributed by atoms with van der Waals surface area (Å²) in [6.45, 7) is 2.49. The molecule has 2 aromatic heterocycles. The molecule has 0 amide bonds. The maximum atomic E-state index is 12.3. The SMILES string of the molecule is CCNc1ncccc1S(=O)(=O)NCc1ncn(C)n1. The number of nitrogens with zero attached hydrogens (tertiary/aromatic N) is 4. The first-order valence-electron chi connectivity index (χ1n) is 6.06. The first-order chi connectivity index (χ1) is 9.53. The van der Waals surface area contributed by atoms with Gasteiger partial charge in [0.25, 0.3) is 0 Å². The van der Waals surface area contributed by atoms with Crippen molar-refractivity contribution in [2.45, 2.75) is 18.4 Å². The summed E-state index contributed by atoms with van der Waals surface area (Å²) in [4.78, 5) is 8.10. The van der Waals surface area contributed by atoms with Crippen molar-refractivity contribution in [1.82, 2.24) is 24.5 Å². The third-order valence-electron chi connectivity index (χ3n) is 2.47. The molecule has 0 aliphatic heterocycles. The van der Waals surface area contributed by atoms with E-state index < -0.39 is 10.0 Å². The monoisotopic (exact) mass is 296 g/mol. The fraction of sp³-hybridized carbons (Fsp3) is 0.364. The second-order valence-corrected chi connectivity index (χ2v) is 5.77. The van der Waals surface area contributed by atoms with Crippen molar-refractivity contribution in [3.63, 3.8) is 0 Å². The Labute approximate surface area is 117 Å². The summed E-state index contributed by atoms with van der Waals surface area (Å²) in [5, 5.41) is 6.93. The van der Waals surface area contributed by atoms with Crippen molar-refractivity contribution in [1.29, 1.82) is 0 Å². The van der Waals surface area contributed by atoms with Gasteiger partial charge < -0.3 is 5.32 Å². The van der Waals surface area contributed by atoms with Crippen molar-refractivity contribution in [2.75, 3.05) is 11.9 Å². The molecule has 0 aromatic carbocycles. The fourth-order valence-corrected chi connectivity index (χ4v) is 2.72. The van der Waals surface area contributed by atoms with Crippen LogP contribution in [-0.4, -0.2) is 34.7 Å². The lowest BCUT2D eigenvalue weighted by Gasteiger charge is -2.10. The van der Waals surface area contributed by atoms with E-state index in [0.717, 1.165) is 0 Å². The minimum atomic E-state index is -3.67. The Hall–Kier alpha value is -2.00. The van der Waals surface area contributed by atoms with Crippen LogP contribution in [0.3, 0.4) is 0 Å². The van der Waals surface area contributed by atoms with Gasteiger partial charge in [0.2, 0.25) is 10.0 Å². The number of hydrogen-bond donors (Lipinski definition) is 2. The van der Waals surface area contributed by atoms with Gasteiger partial charge in [0.1, 0.15) is 17.0 Å². The van der Waals surface area contributed by atoms with E-state index in [1.807, 2.05) is 6.92 Å². The highest BCUT2D eigenvalue weighted by atomic mass is 32.2. The van der Waals surface area contributed by atoms with Gasteiger partial charge >= 0.3 is 0 Å². The van der Waals surface area contributed by atoms with Crippen LogP contribution in [0.25, 0.3) is 0 Å². The van der Waals surface area contributed by atoms with Crippen LogP contribution >= 0.6 is 0 Å². The lowest BCUT2D eigenvalue weighted by Crippen LogP contribution is -2.25. The molecule has 0 saturated heterocycles. The highest BCUT2D eigenvalue weighted by Gasteiger charge is 2.19. The lowest BCUT2D eigenvalue weighted by molar-refractivity contribution is 0.578. The Kier molecular flexibility index (Phi) is 4.30. The lowest BCUT2D eigenvalue weighted by atomic mass is 10.4. The van der Waals surface area contributed by atoms with E-state index >= 15 is 0 Å². The molecule has 8 nitrogen and oxygen atoms in total. The summed E-state index contributed by atoms with van der Waals surface area (Å²) >= 11 is 0. The summed E-state index contributed by atoms with van der Waals surface area (Å²) in [6.07, 6.45) is 3.05. The van der Waals surface area contributed by atoms with Crippen molar-refractivity contribution in [2.24, 2.45) is 7.05 Å². The third kappa shape index (κ3) is 3.31. The Morgan fingerprint density at radius 2 is 2.15 bits per heavy atom. The number of anilines is 1. The predicted molar refractivity (Wildman–Crippen MR) is 73.4 cm³/mol. The van der Waals surface area contributed by atoms with Crippen molar-refractivity contribution in [3.05, 3.63) is 30.5 Å². The highest BCUT2D eigenvalue weighted by molar-refractivity contribution is 7.89. The van der Waals surface area contributed by atoms with Gasteiger partial charge in [-0.3, -0.25) is 4.68 Å². The van der Waals surface area contributed by atoms with Gasteiger partial charge in [0.15, 0.2) is 5.82 Å². The number of aromatic nitrogens is 4. The van der Waals surface area contributed by atoms with Crippen molar-refractivity contribution in [3.8, 4) is 0 Å². The zero-order valence-electron chi connectivity index (χ0n) is 11.2. The average molecular weight is 296 g/mol. The van der Waals surface area contributed by atoms with Crippen LogP contribution in [0.2, 0.25) is 0 Å². The van der Waals surface area contributed by atoms with Crippen LogP contribution in [0.1, 0.15) is 12.7 Å². The van der Waals surface area contributed by atoms with E-state index in [2.05, 4.69) is 25.1 Å². The molecule has 2 heterocycles. The molecule has 0 fully saturated rings. The molecule has 2 aromatic rings. The van der Waals surface area contributed by atoms with Gasteiger partial charge in [0.05, 0.1) is 6.54 Å². The topological polar surface area (TPSA) is 102 Å². The molecule has 20 heavy (non-hydrogen) atoms. The third-order valence-corrected chi connectivity index (χ3v) is 3.90. The second-order valence-electron chi connectivity index (χ2n) is 4.04. The molecular formula is C11H16N6O2S. The maximum absolute atomic E-state index is 12.3. The Balaban J connectivity index is 2.18. The summed E-state index contributed by atoms with van der Waals surface area (Å²) in [5.74, 6) is 0.737.